The number of likely N-dealkylation sites (tertiary alicyclic amines) is 1. The lowest BCUT2D eigenvalue weighted by Crippen LogP contribution is -2.48. The van der Waals surface area contributed by atoms with Crippen LogP contribution in [0.15, 0.2) is 24.3 Å². The summed E-state index contributed by atoms with van der Waals surface area (Å²) in [5.41, 5.74) is 1.86. The van der Waals surface area contributed by atoms with Crippen LogP contribution < -0.4 is 5.32 Å². The summed E-state index contributed by atoms with van der Waals surface area (Å²) in [6.07, 6.45) is 1.74. The van der Waals surface area contributed by atoms with E-state index in [4.69, 9.17) is 9.47 Å². The van der Waals surface area contributed by atoms with Gasteiger partial charge in [0.2, 0.25) is 0 Å². The molecule has 2 fully saturated rings. The summed E-state index contributed by atoms with van der Waals surface area (Å²) in [4.78, 5) is 14.3. The third-order valence-corrected chi connectivity index (χ3v) is 4.21. The van der Waals surface area contributed by atoms with E-state index in [1.807, 2.05) is 31.2 Å². The second-order valence-electron chi connectivity index (χ2n) is 5.76. The van der Waals surface area contributed by atoms with Gasteiger partial charge in [-0.2, -0.15) is 0 Å². The molecule has 2 aliphatic heterocycles. The number of nitrogens with one attached hydrogen (secondary N) is 1. The highest BCUT2D eigenvalue weighted by Crippen LogP contribution is 2.30. The molecule has 0 radical (unpaired) electrons. The van der Waals surface area contributed by atoms with E-state index in [1.165, 1.54) is 0 Å². The second kappa shape index (κ2) is 6.13. The normalized spacial score (nSPS) is 21.6. The third-order valence-electron chi connectivity index (χ3n) is 4.21. The zero-order valence-corrected chi connectivity index (χ0v) is 12.4. The van der Waals surface area contributed by atoms with Crippen LogP contribution >= 0.6 is 0 Å². The van der Waals surface area contributed by atoms with Crippen molar-refractivity contribution in [1.82, 2.24) is 10.2 Å². The molecule has 1 aromatic carbocycles. The van der Waals surface area contributed by atoms with E-state index >= 15 is 0 Å². The van der Waals surface area contributed by atoms with Crippen molar-refractivity contribution in [3.8, 4) is 0 Å². The minimum atomic E-state index is -0.350. The molecule has 0 unspecified atom stereocenters. The highest BCUT2D eigenvalue weighted by atomic mass is 16.7. The van der Waals surface area contributed by atoms with Crippen LogP contribution in [0, 0.1) is 6.92 Å². The summed E-state index contributed by atoms with van der Waals surface area (Å²) in [6.45, 7) is 5.75. The molecule has 1 aromatic rings. The number of hydrogen-bond donors (Lipinski definition) is 1. The van der Waals surface area contributed by atoms with Gasteiger partial charge < -0.3 is 14.8 Å². The lowest BCUT2D eigenvalue weighted by atomic mass is 10.0. The summed E-state index contributed by atoms with van der Waals surface area (Å²) in [5, 5.41) is 2.97. The van der Waals surface area contributed by atoms with E-state index in [0.29, 0.717) is 25.4 Å². The van der Waals surface area contributed by atoms with E-state index in [-0.39, 0.29) is 11.7 Å². The topological polar surface area (TPSA) is 50.8 Å². The fourth-order valence-corrected chi connectivity index (χ4v) is 2.83. The van der Waals surface area contributed by atoms with Gasteiger partial charge in [0, 0.05) is 31.5 Å². The van der Waals surface area contributed by atoms with Crippen molar-refractivity contribution in [1.29, 1.82) is 0 Å². The third kappa shape index (κ3) is 3.43. The summed E-state index contributed by atoms with van der Waals surface area (Å²) in [5.74, 6) is -0.374. The minimum absolute atomic E-state index is 0.0244. The Hall–Kier alpha value is -1.43. The largest absolute Gasteiger partial charge is 0.347 e. The molecule has 2 aliphatic rings. The van der Waals surface area contributed by atoms with Crippen molar-refractivity contribution in [3.63, 3.8) is 0 Å². The highest BCUT2D eigenvalue weighted by Gasteiger charge is 2.39. The van der Waals surface area contributed by atoms with E-state index in [2.05, 4.69) is 10.2 Å². The Morgan fingerprint density at radius 2 is 1.81 bits per heavy atom. The molecule has 5 nitrogen and oxygen atoms in total. The maximum atomic E-state index is 12.1. The van der Waals surface area contributed by atoms with Gasteiger partial charge in [0.05, 0.1) is 19.9 Å². The summed E-state index contributed by atoms with van der Waals surface area (Å²) in [7, 11) is 0. The highest BCUT2D eigenvalue weighted by molar-refractivity contribution is 5.94. The van der Waals surface area contributed by atoms with Gasteiger partial charge >= 0.3 is 0 Å². The number of benzene rings is 1. The van der Waals surface area contributed by atoms with Gasteiger partial charge in [0.15, 0.2) is 5.79 Å². The van der Waals surface area contributed by atoms with Gasteiger partial charge in [0.1, 0.15) is 0 Å². The number of hydrogen-bond acceptors (Lipinski definition) is 4. The maximum Gasteiger partial charge on any atom is 0.252 e. The van der Waals surface area contributed by atoms with Crippen molar-refractivity contribution in [2.24, 2.45) is 0 Å². The first kappa shape index (κ1) is 14.5. The number of carbonyl (C=O) groups is 1. The molecule has 0 saturated carbocycles. The molecule has 0 aromatic heterocycles. The van der Waals surface area contributed by atoms with Crippen LogP contribution in [-0.4, -0.2) is 49.6 Å². The monoisotopic (exact) mass is 290 g/mol. The molecule has 2 heterocycles. The molecule has 114 valence electrons. The predicted octanol–water partition coefficient (Wildman–Crippen LogP) is 1.52. The standard InChI is InChI=1S/C16H22N2O3/c1-13-2-4-14(5-3-13)15(19)17-12-18-8-6-16(7-9-18)20-10-11-21-16/h2-5H,6-12H2,1H3,(H,17,19). The van der Waals surface area contributed by atoms with Crippen molar-refractivity contribution in [2.75, 3.05) is 33.0 Å². The van der Waals surface area contributed by atoms with E-state index in [1.54, 1.807) is 0 Å². The summed E-state index contributed by atoms with van der Waals surface area (Å²) >= 11 is 0. The molecule has 3 rings (SSSR count). The van der Waals surface area contributed by atoms with Crippen LogP contribution in [0.3, 0.4) is 0 Å². The van der Waals surface area contributed by atoms with Crippen LogP contribution in [0.5, 0.6) is 0 Å². The molecule has 0 aliphatic carbocycles. The predicted molar refractivity (Wildman–Crippen MR) is 79.0 cm³/mol. The number of amides is 1. The van der Waals surface area contributed by atoms with Crippen LogP contribution in [0.4, 0.5) is 0 Å². The lowest BCUT2D eigenvalue weighted by Gasteiger charge is -2.37. The van der Waals surface area contributed by atoms with Crippen LogP contribution in [0.2, 0.25) is 0 Å². The van der Waals surface area contributed by atoms with Crippen LogP contribution in [0.25, 0.3) is 0 Å². The first-order chi connectivity index (χ1) is 10.2. The van der Waals surface area contributed by atoms with Crippen molar-refractivity contribution in [2.45, 2.75) is 25.6 Å². The van der Waals surface area contributed by atoms with Gasteiger partial charge in [-0.15, -0.1) is 0 Å². The number of nitrogens with zero attached hydrogens (tertiary/aromatic N) is 1. The van der Waals surface area contributed by atoms with Crippen molar-refractivity contribution >= 4 is 5.91 Å². The van der Waals surface area contributed by atoms with E-state index < -0.39 is 0 Å². The molecule has 0 atom stereocenters. The average Bonchev–Trinajstić information content (AvgIpc) is 2.95. The summed E-state index contributed by atoms with van der Waals surface area (Å²) < 4.78 is 11.4. The Balaban J connectivity index is 1.45. The minimum Gasteiger partial charge on any atom is -0.347 e. The quantitative estimate of drug-likeness (QED) is 0.917. The molecule has 2 saturated heterocycles. The molecular weight excluding hydrogens is 268 g/mol. The Kier molecular flexibility index (Phi) is 4.24. The molecule has 1 amide bonds. The van der Waals surface area contributed by atoms with E-state index in [0.717, 1.165) is 31.5 Å². The zero-order valence-electron chi connectivity index (χ0n) is 12.4. The Bertz CT molecular complexity index is 485. The molecular formula is C16H22N2O3. The van der Waals surface area contributed by atoms with Gasteiger partial charge in [-0.1, -0.05) is 17.7 Å². The number of carbonyl (C=O) groups excluding carboxylic acids is 1. The molecule has 5 heteroatoms. The second-order valence-corrected chi connectivity index (χ2v) is 5.76. The first-order valence-electron chi connectivity index (χ1n) is 7.52. The SMILES string of the molecule is Cc1ccc(C(=O)NCN2CCC3(CC2)OCCO3)cc1. The van der Waals surface area contributed by atoms with Gasteiger partial charge in [-0.05, 0) is 19.1 Å². The molecule has 21 heavy (non-hydrogen) atoms. The lowest BCUT2D eigenvalue weighted by molar-refractivity contribution is -0.185. The van der Waals surface area contributed by atoms with Gasteiger partial charge in [-0.25, -0.2) is 0 Å². The fourth-order valence-electron chi connectivity index (χ4n) is 2.83. The Labute approximate surface area is 125 Å². The van der Waals surface area contributed by atoms with Gasteiger partial charge in [-0.3, -0.25) is 9.69 Å². The maximum absolute atomic E-state index is 12.1. The number of rotatable bonds is 3. The average molecular weight is 290 g/mol. The smallest absolute Gasteiger partial charge is 0.252 e. The number of piperidine rings is 1. The van der Waals surface area contributed by atoms with Crippen molar-refractivity contribution in [3.05, 3.63) is 35.4 Å². The van der Waals surface area contributed by atoms with Crippen molar-refractivity contribution < 1.29 is 14.3 Å². The molecule has 1 spiro atoms. The fraction of sp³-hybridized carbons (Fsp3) is 0.562. The molecule has 0 bridgehead atoms. The number of ether oxygens (including phenoxy) is 2. The number of aryl methyl sites for hydroxylation is 1. The van der Waals surface area contributed by atoms with Crippen LogP contribution in [0.1, 0.15) is 28.8 Å². The first-order valence-corrected chi connectivity index (χ1v) is 7.52. The Morgan fingerprint density at radius 1 is 1.19 bits per heavy atom. The van der Waals surface area contributed by atoms with Crippen LogP contribution in [-0.2, 0) is 9.47 Å². The molecule has 1 N–H and O–H groups in total. The summed E-state index contributed by atoms with van der Waals surface area (Å²) in [6, 6.07) is 7.62. The zero-order chi connectivity index (χ0) is 14.7. The van der Waals surface area contributed by atoms with Gasteiger partial charge in [0.25, 0.3) is 5.91 Å². The van der Waals surface area contributed by atoms with E-state index in [9.17, 15) is 4.79 Å². The Morgan fingerprint density at radius 3 is 2.43 bits per heavy atom.